The first-order valence-electron chi connectivity index (χ1n) is 8.26. The topological polar surface area (TPSA) is 60.9 Å². The number of likely N-dealkylation sites (tertiary alicyclic amines) is 2. The Balaban J connectivity index is 1.91. The summed E-state index contributed by atoms with van der Waals surface area (Å²) < 4.78 is 0. The number of hydrogen-bond donors (Lipinski definition) is 1. The highest BCUT2D eigenvalue weighted by Crippen LogP contribution is 2.36. The molecular weight excluding hydrogens is 268 g/mol. The van der Waals surface area contributed by atoms with Gasteiger partial charge in [-0.25, -0.2) is 4.79 Å². The number of piperidine rings is 2. The van der Waals surface area contributed by atoms with Gasteiger partial charge >= 0.3 is 12.0 Å². The molecule has 0 aromatic rings. The second-order valence-electron chi connectivity index (χ2n) is 6.77. The Morgan fingerprint density at radius 1 is 1.10 bits per heavy atom. The van der Waals surface area contributed by atoms with Crippen molar-refractivity contribution in [1.29, 1.82) is 0 Å². The van der Waals surface area contributed by atoms with Crippen molar-refractivity contribution in [3.8, 4) is 0 Å². The number of aliphatic carboxylic acids is 1. The lowest BCUT2D eigenvalue weighted by Gasteiger charge is -2.41. The van der Waals surface area contributed by atoms with Crippen molar-refractivity contribution < 1.29 is 14.7 Å². The van der Waals surface area contributed by atoms with Crippen LogP contribution in [0.3, 0.4) is 0 Å². The third-order valence-corrected chi connectivity index (χ3v) is 5.23. The number of carbonyl (C=O) groups is 2. The van der Waals surface area contributed by atoms with Gasteiger partial charge in [0, 0.05) is 26.2 Å². The molecule has 5 nitrogen and oxygen atoms in total. The number of nitrogens with zero attached hydrogens (tertiary/aromatic N) is 2. The molecule has 2 aliphatic rings. The molecule has 2 saturated heterocycles. The molecule has 0 saturated carbocycles. The summed E-state index contributed by atoms with van der Waals surface area (Å²) >= 11 is 0. The molecule has 2 heterocycles. The molecule has 1 N–H and O–H groups in total. The fourth-order valence-corrected chi connectivity index (χ4v) is 3.58. The number of carboxylic acids is 1. The van der Waals surface area contributed by atoms with Gasteiger partial charge in [0.05, 0.1) is 5.41 Å². The Labute approximate surface area is 127 Å². The van der Waals surface area contributed by atoms with Crippen LogP contribution in [0.15, 0.2) is 0 Å². The van der Waals surface area contributed by atoms with E-state index in [-0.39, 0.29) is 6.03 Å². The second-order valence-corrected chi connectivity index (χ2v) is 6.77. The van der Waals surface area contributed by atoms with Crippen LogP contribution >= 0.6 is 0 Å². The summed E-state index contributed by atoms with van der Waals surface area (Å²) in [4.78, 5) is 27.9. The molecule has 0 aromatic heterocycles. The number of hydrogen-bond acceptors (Lipinski definition) is 2. The first-order valence-corrected chi connectivity index (χ1v) is 8.26. The maximum atomic E-state index is 12.5. The quantitative estimate of drug-likeness (QED) is 0.871. The van der Waals surface area contributed by atoms with Crippen molar-refractivity contribution in [1.82, 2.24) is 9.80 Å². The Kier molecular flexibility index (Phi) is 5.12. The zero-order valence-corrected chi connectivity index (χ0v) is 13.3. The SMILES string of the molecule is CCCC1(C(=O)O)CCN(C(=O)N2CCC(C)CC2)CC1. The standard InChI is InChI=1S/C16H28N2O3/c1-3-6-16(14(19)20)7-11-18(12-8-16)15(21)17-9-4-13(2)5-10-17/h13H,3-12H2,1-2H3,(H,19,20). The maximum Gasteiger partial charge on any atom is 0.319 e. The van der Waals surface area contributed by atoms with Crippen LogP contribution in [0.4, 0.5) is 4.79 Å². The second kappa shape index (κ2) is 6.67. The van der Waals surface area contributed by atoms with Crippen LogP contribution in [0.5, 0.6) is 0 Å². The van der Waals surface area contributed by atoms with Crippen molar-refractivity contribution in [3.63, 3.8) is 0 Å². The van der Waals surface area contributed by atoms with Crippen molar-refractivity contribution >= 4 is 12.0 Å². The van der Waals surface area contributed by atoms with Gasteiger partial charge < -0.3 is 14.9 Å². The zero-order chi connectivity index (χ0) is 15.5. The Bertz CT molecular complexity index is 381. The molecule has 21 heavy (non-hydrogen) atoms. The van der Waals surface area contributed by atoms with Crippen molar-refractivity contribution in [3.05, 3.63) is 0 Å². The van der Waals surface area contributed by atoms with Gasteiger partial charge in [-0.1, -0.05) is 20.3 Å². The largest absolute Gasteiger partial charge is 0.481 e. The Morgan fingerprint density at radius 2 is 1.62 bits per heavy atom. The summed E-state index contributed by atoms with van der Waals surface area (Å²) in [6, 6.07) is 0.109. The molecule has 0 atom stereocenters. The van der Waals surface area contributed by atoms with Crippen molar-refractivity contribution in [2.24, 2.45) is 11.3 Å². The zero-order valence-electron chi connectivity index (χ0n) is 13.3. The minimum atomic E-state index is -0.691. The summed E-state index contributed by atoms with van der Waals surface area (Å²) in [6.45, 7) is 7.10. The van der Waals surface area contributed by atoms with Crippen LogP contribution < -0.4 is 0 Å². The van der Waals surface area contributed by atoms with E-state index < -0.39 is 11.4 Å². The van der Waals surface area contributed by atoms with Crippen molar-refractivity contribution in [2.75, 3.05) is 26.2 Å². The van der Waals surface area contributed by atoms with Crippen LogP contribution in [0, 0.1) is 11.3 Å². The average molecular weight is 296 g/mol. The Morgan fingerprint density at radius 3 is 2.10 bits per heavy atom. The van der Waals surface area contributed by atoms with Crippen LogP contribution in [0.2, 0.25) is 0 Å². The van der Waals surface area contributed by atoms with E-state index in [1.807, 2.05) is 16.7 Å². The molecular formula is C16H28N2O3. The van der Waals surface area contributed by atoms with Gasteiger partial charge in [0.2, 0.25) is 0 Å². The average Bonchev–Trinajstić information content (AvgIpc) is 2.48. The lowest BCUT2D eigenvalue weighted by Crippen LogP contribution is -2.52. The fourth-order valence-electron chi connectivity index (χ4n) is 3.58. The van der Waals surface area contributed by atoms with E-state index >= 15 is 0 Å². The molecule has 2 aliphatic heterocycles. The molecule has 0 aliphatic carbocycles. The molecule has 2 fully saturated rings. The van der Waals surface area contributed by atoms with E-state index in [4.69, 9.17) is 0 Å². The lowest BCUT2D eigenvalue weighted by atomic mass is 9.75. The summed E-state index contributed by atoms with van der Waals surface area (Å²) in [5.74, 6) is 0.0165. The number of rotatable bonds is 3. The van der Waals surface area contributed by atoms with E-state index in [2.05, 4.69) is 6.92 Å². The highest BCUT2D eigenvalue weighted by Gasteiger charge is 2.42. The normalized spacial score (nSPS) is 23.1. The molecule has 120 valence electrons. The van der Waals surface area contributed by atoms with Gasteiger partial charge in [0.15, 0.2) is 0 Å². The predicted octanol–water partition coefficient (Wildman–Crippen LogP) is 2.81. The van der Waals surface area contributed by atoms with E-state index in [1.165, 1.54) is 0 Å². The number of amides is 2. The summed E-state index contributed by atoms with van der Waals surface area (Å²) in [5, 5.41) is 9.51. The minimum absolute atomic E-state index is 0.109. The molecule has 0 radical (unpaired) electrons. The highest BCUT2D eigenvalue weighted by molar-refractivity contribution is 5.77. The van der Waals surface area contributed by atoms with Gasteiger partial charge in [-0.05, 0) is 38.0 Å². The van der Waals surface area contributed by atoms with Gasteiger partial charge in [-0.2, -0.15) is 0 Å². The molecule has 0 spiro atoms. The molecule has 2 rings (SSSR count). The van der Waals surface area contributed by atoms with Gasteiger partial charge in [-0.15, -0.1) is 0 Å². The number of urea groups is 1. The summed E-state index contributed by atoms with van der Waals surface area (Å²) in [5.41, 5.74) is -0.609. The van der Waals surface area contributed by atoms with E-state index in [1.54, 1.807) is 0 Å². The summed E-state index contributed by atoms with van der Waals surface area (Å²) in [7, 11) is 0. The van der Waals surface area contributed by atoms with Gasteiger partial charge in [0.1, 0.15) is 0 Å². The minimum Gasteiger partial charge on any atom is -0.481 e. The van der Waals surface area contributed by atoms with E-state index in [9.17, 15) is 14.7 Å². The number of carboxylic acid groups (broad SMARTS) is 1. The first-order chi connectivity index (χ1) is 9.98. The van der Waals surface area contributed by atoms with Crippen LogP contribution in [-0.2, 0) is 4.79 Å². The predicted molar refractivity (Wildman–Crippen MR) is 81.2 cm³/mol. The monoisotopic (exact) mass is 296 g/mol. The van der Waals surface area contributed by atoms with Crippen LogP contribution in [0.1, 0.15) is 52.4 Å². The summed E-state index contributed by atoms with van der Waals surface area (Å²) in [6.07, 6.45) is 4.93. The first kappa shape index (κ1) is 16.1. The highest BCUT2D eigenvalue weighted by atomic mass is 16.4. The van der Waals surface area contributed by atoms with Gasteiger partial charge in [0.25, 0.3) is 0 Å². The maximum absolute atomic E-state index is 12.5. The fraction of sp³-hybridized carbons (Fsp3) is 0.875. The third kappa shape index (κ3) is 3.50. The third-order valence-electron chi connectivity index (χ3n) is 5.23. The van der Waals surface area contributed by atoms with E-state index in [0.29, 0.717) is 38.3 Å². The molecule has 0 bridgehead atoms. The smallest absolute Gasteiger partial charge is 0.319 e. The number of carbonyl (C=O) groups excluding carboxylic acids is 1. The Hall–Kier alpha value is -1.26. The lowest BCUT2D eigenvalue weighted by molar-refractivity contribution is -0.152. The molecule has 2 amide bonds. The van der Waals surface area contributed by atoms with E-state index in [0.717, 1.165) is 32.4 Å². The molecule has 0 unspecified atom stereocenters. The van der Waals surface area contributed by atoms with Gasteiger partial charge in [-0.3, -0.25) is 4.79 Å². The van der Waals surface area contributed by atoms with Crippen LogP contribution in [-0.4, -0.2) is 53.1 Å². The molecule has 0 aromatic carbocycles. The molecule has 5 heteroatoms. The van der Waals surface area contributed by atoms with Crippen molar-refractivity contribution in [2.45, 2.75) is 52.4 Å². The van der Waals surface area contributed by atoms with Crippen LogP contribution in [0.25, 0.3) is 0 Å².